The molecule has 1 amide bonds. The SMILES string of the molecule is CNC[C@@H]1Oc2c(NS(=O)(=O)c3cccs3)cccc2C(=O)N([C@H](C)CO)C[C@@H]1C. The number of anilines is 1. The number of carbonyl (C=O) groups is 1. The first-order chi connectivity index (χ1) is 14.3. The highest BCUT2D eigenvalue weighted by molar-refractivity contribution is 7.94. The zero-order valence-electron chi connectivity index (χ0n) is 17.2. The average molecular weight is 454 g/mol. The number of carbonyl (C=O) groups excluding carboxylic acids is 1. The third-order valence-electron chi connectivity index (χ3n) is 5.10. The number of benzene rings is 1. The summed E-state index contributed by atoms with van der Waals surface area (Å²) < 4.78 is 34.5. The van der Waals surface area contributed by atoms with Crippen molar-refractivity contribution in [2.75, 3.05) is 31.5 Å². The predicted octanol–water partition coefficient (Wildman–Crippen LogP) is 1.99. The molecule has 10 heteroatoms. The molecule has 3 atom stereocenters. The molecule has 1 aromatic carbocycles. The third kappa shape index (κ3) is 4.61. The van der Waals surface area contributed by atoms with Crippen LogP contribution in [0.15, 0.2) is 39.9 Å². The summed E-state index contributed by atoms with van der Waals surface area (Å²) in [7, 11) is -2.01. The molecule has 1 aliphatic heterocycles. The van der Waals surface area contributed by atoms with Crippen LogP contribution in [-0.4, -0.2) is 63.2 Å². The molecule has 3 N–H and O–H groups in total. The lowest BCUT2D eigenvalue weighted by atomic mass is 9.99. The number of sulfonamides is 1. The van der Waals surface area contributed by atoms with E-state index in [1.54, 1.807) is 48.5 Å². The van der Waals surface area contributed by atoms with Crippen LogP contribution in [0, 0.1) is 5.92 Å². The lowest BCUT2D eigenvalue weighted by Gasteiger charge is -2.37. The first-order valence-corrected chi connectivity index (χ1v) is 12.1. The van der Waals surface area contributed by atoms with Crippen LogP contribution in [0.25, 0.3) is 0 Å². The van der Waals surface area contributed by atoms with Gasteiger partial charge >= 0.3 is 0 Å². The van der Waals surface area contributed by atoms with Crippen LogP contribution < -0.4 is 14.8 Å². The van der Waals surface area contributed by atoms with E-state index in [2.05, 4.69) is 10.0 Å². The first-order valence-electron chi connectivity index (χ1n) is 9.71. The predicted molar refractivity (Wildman–Crippen MR) is 117 cm³/mol. The van der Waals surface area contributed by atoms with Gasteiger partial charge in [0.1, 0.15) is 10.3 Å². The maximum absolute atomic E-state index is 13.3. The minimum Gasteiger partial charge on any atom is -0.486 e. The average Bonchev–Trinajstić information content (AvgIpc) is 3.26. The van der Waals surface area contributed by atoms with Crippen LogP contribution in [0.2, 0.25) is 0 Å². The molecule has 1 aliphatic rings. The van der Waals surface area contributed by atoms with Crippen LogP contribution >= 0.6 is 11.3 Å². The van der Waals surface area contributed by atoms with Gasteiger partial charge in [0.2, 0.25) is 0 Å². The standard InChI is InChI=1S/C20H27N3O5S2/c1-13-11-23(14(2)12-24)20(25)15-6-4-7-16(19(15)28-17(13)10-21-3)22-30(26,27)18-8-5-9-29-18/h4-9,13-14,17,21-22,24H,10-12H2,1-3H3/t13-,14+,17-/m0/s1. The highest BCUT2D eigenvalue weighted by Gasteiger charge is 2.34. The van der Waals surface area contributed by atoms with Crippen molar-refractivity contribution >= 4 is 33.0 Å². The highest BCUT2D eigenvalue weighted by atomic mass is 32.2. The van der Waals surface area contributed by atoms with Gasteiger partial charge in [-0.2, -0.15) is 0 Å². The molecule has 0 saturated heterocycles. The molecular weight excluding hydrogens is 426 g/mol. The van der Waals surface area contributed by atoms with Gasteiger partial charge in [-0.05, 0) is 37.6 Å². The van der Waals surface area contributed by atoms with E-state index < -0.39 is 10.0 Å². The number of fused-ring (bicyclic) bond motifs is 1. The zero-order chi connectivity index (χ0) is 21.9. The van der Waals surface area contributed by atoms with Crippen LogP contribution in [0.5, 0.6) is 5.75 Å². The molecule has 30 heavy (non-hydrogen) atoms. The van der Waals surface area contributed by atoms with Gasteiger partial charge in [-0.15, -0.1) is 11.3 Å². The van der Waals surface area contributed by atoms with E-state index in [1.165, 1.54) is 6.07 Å². The van der Waals surface area contributed by atoms with E-state index in [1.807, 2.05) is 6.92 Å². The largest absolute Gasteiger partial charge is 0.486 e. The summed E-state index contributed by atoms with van der Waals surface area (Å²) in [4.78, 5) is 14.9. The quantitative estimate of drug-likeness (QED) is 0.592. The van der Waals surface area contributed by atoms with Gasteiger partial charge < -0.3 is 20.1 Å². The molecule has 0 saturated carbocycles. The molecule has 0 radical (unpaired) electrons. The van der Waals surface area contributed by atoms with Crippen molar-refractivity contribution in [1.29, 1.82) is 0 Å². The number of rotatable bonds is 7. The molecule has 0 aliphatic carbocycles. The Labute approximate surface area is 180 Å². The molecule has 2 aromatic rings. The number of thiophene rings is 1. The van der Waals surface area contributed by atoms with E-state index in [0.717, 1.165) is 11.3 Å². The zero-order valence-corrected chi connectivity index (χ0v) is 18.8. The van der Waals surface area contributed by atoms with Crippen molar-refractivity contribution in [3.63, 3.8) is 0 Å². The van der Waals surface area contributed by atoms with Crippen molar-refractivity contribution in [2.45, 2.75) is 30.2 Å². The fourth-order valence-corrected chi connectivity index (χ4v) is 5.44. The van der Waals surface area contributed by atoms with E-state index >= 15 is 0 Å². The van der Waals surface area contributed by atoms with E-state index in [-0.39, 0.29) is 51.8 Å². The Kier molecular flexibility index (Phi) is 7.02. The Balaban J connectivity index is 2.08. The summed E-state index contributed by atoms with van der Waals surface area (Å²) in [5.41, 5.74) is 0.468. The van der Waals surface area contributed by atoms with Gasteiger partial charge in [-0.3, -0.25) is 9.52 Å². The molecular formula is C20H27N3O5S2. The van der Waals surface area contributed by atoms with Gasteiger partial charge in [0.05, 0.1) is 23.9 Å². The number of aliphatic hydroxyl groups excluding tert-OH is 1. The summed E-state index contributed by atoms with van der Waals surface area (Å²) in [5, 5.41) is 14.4. The molecule has 0 bridgehead atoms. The number of ether oxygens (including phenoxy) is 1. The normalized spacial score (nSPS) is 20.7. The van der Waals surface area contributed by atoms with E-state index in [0.29, 0.717) is 13.1 Å². The lowest BCUT2D eigenvalue weighted by Crippen LogP contribution is -2.49. The summed E-state index contributed by atoms with van der Waals surface area (Å²) in [6.45, 7) is 4.51. The molecule has 1 aromatic heterocycles. The topological polar surface area (TPSA) is 108 Å². The van der Waals surface area contributed by atoms with Gasteiger partial charge in [0.15, 0.2) is 5.75 Å². The second kappa shape index (κ2) is 9.34. The van der Waals surface area contributed by atoms with Crippen LogP contribution in [-0.2, 0) is 10.0 Å². The van der Waals surface area contributed by atoms with Crippen molar-refractivity contribution in [3.05, 3.63) is 41.3 Å². The molecule has 8 nitrogen and oxygen atoms in total. The summed E-state index contributed by atoms with van der Waals surface area (Å²) in [5.74, 6) is -0.159. The second-order valence-electron chi connectivity index (χ2n) is 7.40. The number of likely N-dealkylation sites (N-methyl/N-ethyl adjacent to an activating group) is 1. The third-order valence-corrected chi connectivity index (χ3v) is 7.86. The molecule has 3 rings (SSSR count). The van der Waals surface area contributed by atoms with Crippen molar-refractivity contribution in [1.82, 2.24) is 10.2 Å². The Bertz CT molecular complexity index is 978. The number of amides is 1. The smallest absolute Gasteiger partial charge is 0.271 e. The van der Waals surface area contributed by atoms with Crippen molar-refractivity contribution < 1.29 is 23.1 Å². The maximum Gasteiger partial charge on any atom is 0.271 e. The highest BCUT2D eigenvalue weighted by Crippen LogP contribution is 2.36. The number of para-hydroxylation sites is 1. The lowest BCUT2D eigenvalue weighted by molar-refractivity contribution is 0.0417. The second-order valence-corrected chi connectivity index (χ2v) is 10.3. The van der Waals surface area contributed by atoms with Crippen molar-refractivity contribution in [3.8, 4) is 5.75 Å². The Hall–Kier alpha value is -2.14. The van der Waals surface area contributed by atoms with E-state index in [9.17, 15) is 18.3 Å². The molecule has 0 spiro atoms. The van der Waals surface area contributed by atoms with Gasteiger partial charge in [0, 0.05) is 19.0 Å². The van der Waals surface area contributed by atoms with Crippen LogP contribution in [0.1, 0.15) is 24.2 Å². The number of hydrogen-bond acceptors (Lipinski definition) is 7. The molecule has 164 valence electrons. The summed E-state index contributed by atoms with van der Waals surface area (Å²) in [6.07, 6.45) is -0.303. The molecule has 2 heterocycles. The minimum absolute atomic E-state index is 0.0505. The minimum atomic E-state index is -3.81. The fraction of sp³-hybridized carbons (Fsp3) is 0.450. The Morgan fingerprint density at radius 2 is 2.10 bits per heavy atom. The van der Waals surface area contributed by atoms with Gasteiger partial charge in [-0.1, -0.05) is 19.1 Å². The summed E-state index contributed by atoms with van der Waals surface area (Å²) >= 11 is 1.11. The maximum atomic E-state index is 13.3. The first kappa shape index (κ1) is 22.5. The molecule has 0 fully saturated rings. The Morgan fingerprint density at radius 3 is 2.73 bits per heavy atom. The van der Waals surface area contributed by atoms with Crippen LogP contribution in [0.4, 0.5) is 5.69 Å². The van der Waals surface area contributed by atoms with Gasteiger partial charge in [-0.25, -0.2) is 8.42 Å². The van der Waals surface area contributed by atoms with Crippen LogP contribution in [0.3, 0.4) is 0 Å². The number of nitrogens with one attached hydrogen (secondary N) is 2. The van der Waals surface area contributed by atoms with E-state index in [4.69, 9.17) is 4.74 Å². The monoisotopic (exact) mass is 453 g/mol. The number of aliphatic hydroxyl groups is 1. The van der Waals surface area contributed by atoms with Gasteiger partial charge in [0.25, 0.3) is 15.9 Å². The van der Waals surface area contributed by atoms with Crippen molar-refractivity contribution in [2.24, 2.45) is 5.92 Å². The number of hydrogen-bond donors (Lipinski definition) is 3. The molecule has 0 unspecified atom stereocenters. The summed E-state index contributed by atoms with van der Waals surface area (Å²) in [6, 6.07) is 7.61. The Morgan fingerprint density at radius 1 is 1.33 bits per heavy atom. The fourth-order valence-electron chi connectivity index (χ4n) is 3.38. The number of nitrogens with zero attached hydrogens (tertiary/aromatic N) is 1.